The molecule has 0 aromatic heterocycles. The van der Waals surface area contributed by atoms with Crippen LogP contribution >= 0.6 is 0 Å². The van der Waals surface area contributed by atoms with Crippen LogP contribution in [0.4, 0.5) is 0 Å². The molecule has 0 saturated heterocycles. The van der Waals surface area contributed by atoms with Crippen molar-refractivity contribution in [3.05, 3.63) is 146 Å². The van der Waals surface area contributed by atoms with Crippen molar-refractivity contribution in [3.8, 4) is 0 Å². The maximum Gasteiger partial charge on any atom is 0.306 e. The van der Waals surface area contributed by atoms with Gasteiger partial charge >= 0.3 is 17.9 Å². The van der Waals surface area contributed by atoms with Gasteiger partial charge in [-0.25, -0.2) is 0 Å². The van der Waals surface area contributed by atoms with E-state index in [1.54, 1.807) is 0 Å². The van der Waals surface area contributed by atoms with E-state index in [1.165, 1.54) is 70.6 Å². The molecule has 0 aliphatic heterocycles. The van der Waals surface area contributed by atoms with Crippen molar-refractivity contribution in [2.75, 3.05) is 13.2 Å². The van der Waals surface area contributed by atoms with Gasteiger partial charge in [-0.15, -0.1) is 0 Å². The highest BCUT2D eigenvalue weighted by Gasteiger charge is 2.19. The molecule has 0 aliphatic carbocycles. The molecule has 1 unspecified atom stereocenters. The molecule has 428 valence electrons. The summed E-state index contributed by atoms with van der Waals surface area (Å²) in [6.45, 7) is 6.41. The largest absolute Gasteiger partial charge is 0.462 e. The van der Waals surface area contributed by atoms with Gasteiger partial charge in [0.2, 0.25) is 0 Å². The third-order valence-corrected chi connectivity index (χ3v) is 12.5. The summed E-state index contributed by atoms with van der Waals surface area (Å²) in [4.78, 5) is 38.2. The lowest BCUT2D eigenvalue weighted by Crippen LogP contribution is -2.30. The minimum Gasteiger partial charge on any atom is -0.462 e. The summed E-state index contributed by atoms with van der Waals surface area (Å²) in [6.07, 6.45) is 89.9. The fourth-order valence-corrected chi connectivity index (χ4v) is 7.93. The number of hydrogen-bond donors (Lipinski definition) is 0. The van der Waals surface area contributed by atoms with Crippen molar-refractivity contribution < 1.29 is 28.6 Å². The molecular formula is C70H112O6. The average Bonchev–Trinajstić information content (AvgIpc) is 3.42. The van der Waals surface area contributed by atoms with Crippen molar-refractivity contribution >= 4 is 17.9 Å². The number of esters is 3. The zero-order chi connectivity index (χ0) is 55.0. The maximum atomic E-state index is 12.9. The fourth-order valence-electron chi connectivity index (χ4n) is 7.93. The van der Waals surface area contributed by atoms with Crippen LogP contribution in [-0.2, 0) is 28.6 Å². The lowest BCUT2D eigenvalue weighted by Gasteiger charge is -2.18. The third kappa shape index (κ3) is 60.2. The zero-order valence-corrected chi connectivity index (χ0v) is 49.0. The Bertz CT molecular complexity index is 1680. The second kappa shape index (κ2) is 62.8. The van der Waals surface area contributed by atoms with Crippen LogP contribution in [0.3, 0.4) is 0 Å². The number of carbonyl (C=O) groups excluding carboxylic acids is 3. The van der Waals surface area contributed by atoms with Crippen molar-refractivity contribution in [1.82, 2.24) is 0 Å². The van der Waals surface area contributed by atoms with Gasteiger partial charge in [0.15, 0.2) is 6.10 Å². The smallest absolute Gasteiger partial charge is 0.306 e. The third-order valence-electron chi connectivity index (χ3n) is 12.5. The Morgan fingerprint density at radius 1 is 0.276 bits per heavy atom. The van der Waals surface area contributed by atoms with Crippen LogP contribution < -0.4 is 0 Å². The van der Waals surface area contributed by atoms with Gasteiger partial charge in [0.05, 0.1) is 0 Å². The first kappa shape index (κ1) is 71.3. The lowest BCUT2D eigenvalue weighted by atomic mass is 10.1. The van der Waals surface area contributed by atoms with Crippen LogP contribution in [0, 0.1) is 0 Å². The quantitative estimate of drug-likeness (QED) is 0.0261. The van der Waals surface area contributed by atoms with E-state index in [-0.39, 0.29) is 31.1 Å². The van der Waals surface area contributed by atoms with Crippen molar-refractivity contribution in [1.29, 1.82) is 0 Å². The summed E-state index contributed by atoms with van der Waals surface area (Å²) in [5, 5.41) is 0. The molecule has 0 N–H and O–H groups in total. The lowest BCUT2D eigenvalue weighted by molar-refractivity contribution is -0.167. The maximum absolute atomic E-state index is 12.9. The molecule has 0 bridgehead atoms. The van der Waals surface area contributed by atoms with E-state index in [0.717, 1.165) is 141 Å². The highest BCUT2D eigenvalue weighted by Crippen LogP contribution is 2.13. The van der Waals surface area contributed by atoms with Crippen LogP contribution in [0.2, 0.25) is 0 Å². The molecular weight excluding hydrogens is 937 g/mol. The van der Waals surface area contributed by atoms with Gasteiger partial charge in [0.1, 0.15) is 13.2 Å². The molecule has 0 amide bonds. The molecule has 1 atom stereocenters. The summed E-state index contributed by atoms with van der Waals surface area (Å²) >= 11 is 0. The second-order valence-corrected chi connectivity index (χ2v) is 19.9. The first-order chi connectivity index (χ1) is 37.5. The number of hydrogen-bond acceptors (Lipinski definition) is 6. The van der Waals surface area contributed by atoms with Gasteiger partial charge in [0.25, 0.3) is 0 Å². The van der Waals surface area contributed by atoms with Crippen molar-refractivity contribution in [2.24, 2.45) is 0 Å². The molecule has 0 radical (unpaired) electrons. The number of carbonyl (C=O) groups is 3. The molecule has 0 fully saturated rings. The van der Waals surface area contributed by atoms with E-state index in [9.17, 15) is 14.4 Å². The summed E-state index contributed by atoms with van der Waals surface area (Å²) < 4.78 is 16.8. The molecule has 0 aromatic rings. The molecule has 6 heteroatoms. The van der Waals surface area contributed by atoms with Crippen LogP contribution in [0.1, 0.15) is 258 Å². The van der Waals surface area contributed by atoms with Crippen LogP contribution in [0.15, 0.2) is 146 Å². The Labute approximate surface area is 467 Å². The van der Waals surface area contributed by atoms with Gasteiger partial charge in [-0.1, -0.05) is 237 Å². The van der Waals surface area contributed by atoms with Crippen molar-refractivity contribution in [2.45, 2.75) is 264 Å². The van der Waals surface area contributed by atoms with Crippen LogP contribution in [0.25, 0.3) is 0 Å². The predicted molar refractivity (Wildman–Crippen MR) is 329 cm³/mol. The summed E-state index contributed by atoms with van der Waals surface area (Å²) in [6, 6.07) is 0. The predicted octanol–water partition coefficient (Wildman–Crippen LogP) is 21.2. The van der Waals surface area contributed by atoms with Crippen LogP contribution in [0.5, 0.6) is 0 Å². The molecule has 0 aliphatic rings. The molecule has 0 heterocycles. The topological polar surface area (TPSA) is 78.9 Å². The fraction of sp³-hybridized carbons (Fsp3) is 0.614. The van der Waals surface area contributed by atoms with E-state index in [0.29, 0.717) is 25.7 Å². The van der Waals surface area contributed by atoms with Gasteiger partial charge in [0, 0.05) is 19.3 Å². The molecule has 0 saturated carbocycles. The SMILES string of the molecule is CC/C=C\C/C=C\C/C=C\C/C=C\C/C=C\C/C=C\C/C=C\C/C=C\CCCCC(=O)OCC(COC(=O)CCCCCCC/C=C\CCCCC)OC(=O)CCCCCCCC/C=C\C/C=C\C/C=C\CCCCC. The first-order valence-corrected chi connectivity index (χ1v) is 30.8. The first-order valence-electron chi connectivity index (χ1n) is 30.8. The van der Waals surface area contributed by atoms with E-state index < -0.39 is 6.10 Å². The van der Waals surface area contributed by atoms with Gasteiger partial charge in [-0.3, -0.25) is 14.4 Å². The average molecular weight is 1050 g/mol. The van der Waals surface area contributed by atoms with Gasteiger partial charge < -0.3 is 14.2 Å². The monoisotopic (exact) mass is 1050 g/mol. The number of allylic oxidation sites excluding steroid dienone is 24. The highest BCUT2D eigenvalue weighted by molar-refractivity contribution is 5.71. The summed E-state index contributed by atoms with van der Waals surface area (Å²) in [7, 11) is 0. The standard InChI is InChI=1S/C70H112O6/c1-4-7-10-13-16-19-22-25-27-29-31-32-33-34-35-36-37-38-40-41-43-45-48-51-54-57-60-63-69(72)75-66-67(65-74-68(71)62-59-56-53-50-47-24-21-18-15-12-9-6-3)76-70(73)64-61-58-55-52-49-46-44-42-39-30-28-26-23-20-17-14-11-8-5-2/h7,10,16-21,25-28,31-32,34-35,37-39,41-43,48,51,67H,4-6,8-9,11-15,22-24,29-30,33,36,40,44-47,49-50,52-66H2,1-3H3/b10-7-,19-16-,20-17-,21-18-,27-25-,28-26-,32-31-,35-34-,38-37-,42-39-,43-41-,51-48-. The summed E-state index contributed by atoms with van der Waals surface area (Å²) in [5.74, 6) is -0.977. The molecule has 0 rings (SSSR count). The van der Waals surface area contributed by atoms with Crippen LogP contribution in [-0.4, -0.2) is 37.2 Å². The molecule has 0 spiro atoms. The minimum absolute atomic E-state index is 0.107. The normalized spacial score (nSPS) is 13.1. The zero-order valence-electron chi connectivity index (χ0n) is 49.0. The van der Waals surface area contributed by atoms with E-state index in [4.69, 9.17) is 14.2 Å². The van der Waals surface area contributed by atoms with Gasteiger partial charge in [-0.05, 0) is 148 Å². The number of rotatable bonds is 54. The molecule has 76 heavy (non-hydrogen) atoms. The Kier molecular flexibility index (Phi) is 58.9. The highest BCUT2D eigenvalue weighted by atomic mass is 16.6. The van der Waals surface area contributed by atoms with E-state index >= 15 is 0 Å². The Morgan fingerprint density at radius 2 is 0.513 bits per heavy atom. The second-order valence-electron chi connectivity index (χ2n) is 19.9. The molecule has 6 nitrogen and oxygen atoms in total. The van der Waals surface area contributed by atoms with Gasteiger partial charge in [-0.2, -0.15) is 0 Å². The number of unbranched alkanes of at least 4 members (excludes halogenated alkanes) is 19. The minimum atomic E-state index is -0.813. The Morgan fingerprint density at radius 3 is 0.842 bits per heavy atom. The summed E-state index contributed by atoms with van der Waals surface area (Å²) in [5.41, 5.74) is 0. The van der Waals surface area contributed by atoms with Crippen molar-refractivity contribution in [3.63, 3.8) is 0 Å². The Hall–Kier alpha value is -4.71. The van der Waals surface area contributed by atoms with E-state index in [1.807, 2.05) is 0 Å². The molecule has 0 aromatic carbocycles. The Balaban J connectivity index is 4.46. The number of ether oxygens (including phenoxy) is 3. The van der Waals surface area contributed by atoms with E-state index in [2.05, 4.69) is 167 Å².